The number of nitrogens with zero attached hydrogens (tertiary/aromatic N) is 2. The van der Waals surface area contributed by atoms with Crippen LogP contribution in [-0.4, -0.2) is 22.1 Å². The van der Waals surface area contributed by atoms with Crippen LogP contribution in [-0.2, 0) is 6.54 Å². The van der Waals surface area contributed by atoms with Crippen LogP contribution in [0.1, 0.15) is 15.9 Å². The molecule has 6 heteroatoms. The van der Waals surface area contributed by atoms with E-state index < -0.39 is 0 Å². The van der Waals surface area contributed by atoms with Gasteiger partial charge in [-0.25, -0.2) is 9.97 Å². The molecular formula is C25H22N4OS. The number of rotatable bonds is 7. The van der Waals surface area contributed by atoms with Gasteiger partial charge in [-0.2, -0.15) is 0 Å². The van der Waals surface area contributed by atoms with E-state index in [1.807, 2.05) is 73.0 Å². The quantitative estimate of drug-likeness (QED) is 0.380. The maximum atomic E-state index is 12.6. The summed E-state index contributed by atoms with van der Waals surface area (Å²) in [6.45, 7) is 0.484. The molecule has 4 aromatic rings. The summed E-state index contributed by atoms with van der Waals surface area (Å²) in [6, 6.07) is 27.4. The van der Waals surface area contributed by atoms with Crippen LogP contribution >= 0.6 is 11.8 Å². The number of nitrogens with one attached hydrogen (secondary N) is 2. The molecular weight excluding hydrogens is 404 g/mol. The molecule has 154 valence electrons. The smallest absolute Gasteiger partial charge is 0.251 e. The fraction of sp³-hybridized carbons (Fsp3) is 0.0800. The monoisotopic (exact) mass is 426 g/mol. The van der Waals surface area contributed by atoms with E-state index in [0.29, 0.717) is 17.9 Å². The van der Waals surface area contributed by atoms with Crippen molar-refractivity contribution in [1.29, 1.82) is 0 Å². The van der Waals surface area contributed by atoms with E-state index in [9.17, 15) is 4.79 Å². The highest BCUT2D eigenvalue weighted by atomic mass is 32.2. The second-order valence-corrected chi connectivity index (χ2v) is 7.77. The second-order valence-electron chi connectivity index (χ2n) is 6.89. The summed E-state index contributed by atoms with van der Waals surface area (Å²) < 4.78 is 0. The van der Waals surface area contributed by atoms with Crippen LogP contribution < -0.4 is 10.6 Å². The standard InChI is InChI=1S/C25H22N4OS/c1-31-22-12-10-18(11-13-22)16-26-25(30)20-8-5-9-21(14-20)29-24-15-23(27-17-28-24)19-6-3-2-4-7-19/h2-15,17H,16H2,1H3,(H,26,30)(H,27,28,29). The van der Waals surface area contributed by atoms with Crippen LogP contribution in [0.25, 0.3) is 11.3 Å². The Morgan fingerprint density at radius 3 is 2.48 bits per heavy atom. The number of benzene rings is 3. The number of carbonyl (C=O) groups is 1. The van der Waals surface area contributed by atoms with E-state index in [-0.39, 0.29) is 5.91 Å². The van der Waals surface area contributed by atoms with E-state index >= 15 is 0 Å². The van der Waals surface area contributed by atoms with Gasteiger partial charge in [0.25, 0.3) is 5.91 Å². The number of carbonyl (C=O) groups excluding carboxylic acids is 1. The van der Waals surface area contributed by atoms with Gasteiger partial charge in [-0.3, -0.25) is 4.79 Å². The zero-order valence-electron chi connectivity index (χ0n) is 17.1. The van der Waals surface area contributed by atoms with Gasteiger partial charge in [-0.15, -0.1) is 11.8 Å². The molecule has 0 atom stereocenters. The Hall–Kier alpha value is -3.64. The molecule has 0 radical (unpaired) electrons. The van der Waals surface area contributed by atoms with Crippen molar-refractivity contribution in [3.8, 4) is 11.3 Å². The normalized spacial score (nSPS) is 10.5. The third-order valence-electron chi connectivity index (χ3n) is 4.75. The summed E-state index contributed by atoms with van der Waals surface area (Å²) in [6.07, 6.45) is 3.57. The number of amides is 1. The first-order chi connectivity index (χ1) is 15.2. The molecule has 1 heterocycles. The molecule has 2 N–H and O–H groups in total. The molecule has 1 amide bonds. The number of hydrogen-bond acceptors (Lipinski definition) is 5. The third kappa shape index (κ3) is 5.49. The van der Waals surface area contributed by atoms with Gasteiger partial charge in [0.05, 0.1) is 5.69 Å². The first-order valence-electron chi connectivity index (χ1n) is 9.87. The highest BCUT2D eigenvalue weighted by molar-refractivity contribution is 7.98. The Labute approximate surface area is 186 Å². The van der Waals surface area contributed by atoms with Gasteiger partial charge in [0.2, 0.25) is 0 Å². The molecule has 0 saturated carbocycles. The summed E-state index contributed by atoms with van der Waals surface area (Å²) in [5, 5.41) is 6.24. The van der Waals surface area contributed by atoms with E-state index in [1.54, 1.807) is 17.8 Å². The SMILES string of the molecule is CSc1ccc(CNC(=O)c2cccc(Nc3cc(-c4ccccc4)ncn3)c2)cc1. The Morgan fingerprint density at radius 1 is 0.903 bits per heavy atom. The first-order valence-corrected chi connectivity index (χ1v) is 11.1. The van der Waals surface area contributed by atoms with Crippen LogP contribution in [0.2, 0.25) is 0 Å². The Balaban J connectivity index is 1.42. The molecule has 4 rings (SSSR count). The van der Waals surface area contributed by atoms with Crippen molar-refractivity contribution in [3.05, 3.63) is 102 Å². The summed E-state index contributed by atoms with van der Waals surface area (Å²) in [5.41, 5.74) is 4.29. The molecule has 5 nitrogen and oxygen atoms in total. The van der Waals surface area contributed by atoms with Crippen LogP contribution in [0.4, 0.5) is 11.5 Å². The molecule has 0 aliphatic rings. The van der Waals surface area contributed by atoms with Crippen molar-refractivity contribution >= 4 is 29.2 Å². The van der Waals surface area contributed by atoms with Crippen LogP contribution in [0.3, 0.4) is 0 Å². The van der Waals surface area contributed by atoms with Gasteiger partial charge >= 0.3 is 0 Å². The largest absolute Gasteiger partial charge is 0.348 e. The lowest BCUT2D eigenvalue weighted by Crippen LogP contribution is -2.22. The van der Waals surface area contributed by atoms with Gasteiger partial charge < -0.3 is 10.6 Å². The molecule has 31 heavy (non-hydrogen) atoms. The van der Waals surface area contributed by atoms with Gasteiger partial charge in [-0.1, -0.05) is 48.5 Å². The Bertz CT molecular complexity index is 1160. The van der Waals surface area contributed by atoms with Crippen LogP contribution in [0.15, 0.2) is 96.2 Å². The minimum absolute atomic E-state index is 0.120. The lowest BCUT2D eigenvalue weighted by Gasteiger charge is -2.10. The van der Waals surface area contributed by atoms with Gasteiger partial charge in [0, 0.05) is 34.3 Å². The molecule has 0 bridgehead atoms. The van der Waals surface area contributed by atoms with Gasteiger partial charge in [0.1, 0.15) is 12.1 Å². The number of hydrogen-bond donors (Lipinski definition) is 2. The molecule has 3 aromatic carbocycles. The average Bonchev–Trinajstić information content (AvgIpc) is 2.84. The molecule has 0 fully saturated rings. The van der Waals surface area contributed by atoms with E-state index in [0.717, 1.165) is 22.5 Å². The minimum atomic E-state index is -0.120. The number of anilines is 2. The molecule has 0 saturated heterocycles. The fourth-order valence-electron chi connectivity index (χ4n) is 3.11. The lowest BCUT2D eigenvalue weighted by molar-refractivity contribution is 0.0951. The summed E-state index contributed by atoms with van der Waals surface area (Å²) >= 11 is 1.70. The fourth-order valence-corrected chi connectivity index (χ4v) is 3.51. The lowest BCUT2D eigenvalue weighted by atomic mass is 10.1. The van der Waals surface area contributed by atoms with E-state index in [1.165, 1.54) is 11.2 Å². The van der Waals surface area contributed by atoms with E-state index in [4.69, 9.17) is 0 Å². The van der Waals surface area contributed by atoms with Crippen molar-refractivity contribution in [3.63, 3.8) is 0 Å². The Kier molecular flexibility index (Phi) is 6.59. The van der Waals surface area contributed by atoms with Crippen molar-refractivity contribution in [2.45, 2.75) is 11.4 Å². The van der Waals surface area contributed by atoms with Gasteiger partial charge in [-0.05, 0) is 42.2 Å². The molecule has 1 aromatic heterocycles. The van der Waals surface area contributed by atoms with E-state index in [2.05, 4.69) is 32.7 Å². The molecule has 0 aliphatic carbocycles. The van der Waals surface area contributed by atoms with Crippen molar-refractivity contribution in [1.82, 2.24) is 15.3 Å². The first kappa shape index (κ1) is 20.6. The minimum Gasteiger partial charge on any atom is -0.348 e. The number of thioether (sulfide) groups is 1. The third-order valence-corrected chi connectivity index (χ3v) is 5.49. The summed E-state index contributed by atoms with van der Waals surface area (Å²) in [5.74, 6) is 0.547. The number of aromatic nitrogens is 2. The van der Waals surface area contributed by atoms with Crippen LogP contribution in [0.5, 0.6) is 0 Å². The second kappa shape index (κ2) is 9.91. The molecule has 0 unspecified atom stereocenters. The predicted octanol–water partition coefficient (Wildman–Crippen LogP) is 5.54. The predicted molar refractivity (Wildman–Crippen MR) is 127 cm³/mol. The van der Waals surface area contributed by atoms with Crippen molar-refractivity contribution in [2.75, 3.05) is 11.6 Å². The molecule has 0 aliphatic heterocycles. The zero-order valence-corrected chi connectivity index (χ0v) is 17.9. The van der Waals surface area contributed by atoms with Crippen molar-refractivity contribution < 1.29 is 4.79 Å². The topological polar surface area (TPSA) is 66.9 Å². The molecule has 0 spiro atoms. The maximum Gasteiger partial charge on any atom is 0.251 e. The average molecular weight is 427 g/mol. The van der Waals surface area contributed by atoms with Crippen LogP contribution in [0, 0.1) is 0 Å². The van der Waals surface area contributed by atoms with Gasteiger partial charge in [0.15, 0.2) is 0 Å². The summed E-state index contributed by atoms with van der Waals surface area (Å²) in [4.78, 5) is 22.5. The maximum absolute atomic E-state index is 12.6. The summed E-state index contributed by atoms with van der Waals surface area (Å²) in [7, 11) is 0. The van der Waals surface area contributed by atoms with Crippen molar-refractivity contribution in [2.24, 2.45) is 0 Å². The zero-order chi connectivity index (χ0) is 21.5. The Morgan fingerprint density at radius 2 is 1.71 bits per heavy atom. The highest BCUT2D eigenvalue weighted by Gasteiger charge is 2.08. The highest BCUT2D eigenvalue weighted by Crippen LogP contribution is 2.21.